The fraction of sp³-hybridized carbons (Fsp3) is 0.304. The van der Waals surface area contributed by atoms with Crippen molar-refractivity contribution in [1.82, 2.24) is 14.7 Å². The van der Waals surface area contributed by atoms with E-state index in [9.17, 15) is 9.18 Å². The highest BCUT2D eigenvalue weighted by atomic mass is 19.1. The first-order valence-electron chi connectivity index (χ1n) is 9.70. The first kappa shape index (κ1) is 18.4. The second-order valence-corrected chi connectivity index (χ2v) is 7.50. The average Bonchev–Trinajstić information content (AvgIpc) is 3.49. The second kappa shape index (κ2) is 7.58. The van der Waals surface area contributed by atoms with Gasteiger partial charge in [0, 0.05) is 12.6 Å². The molecule has 3 aromatic rings. The fourth-order valence-corrected chi connectivity index (χ4v) is 3.65. The Labute approximate surface area is 164 Å². The zero-order valence-electron chi connectivity index (χ0n) is 16.2. The van der Waals surface area contributed by atoms with Crippen LogP contribution in [0.5, 0.6) is 0 Å². The van der Waals surface area contributed by atoms with Crippen molar-refractivity contribution in [1.29, 1.82) is 0 Å². The first-order valence-corrected chi connectivity index (χ1v) is 9.70. The maximum atomic E-state index is 14.2. The molecule has 0 bridgehead atoms. The molecule has 4 rings (SSSR count). The molecule has 5 heteroatoms. The molecule has 1 amide bonds. The number of hydrogen-bond acceptors (Lipinski definition) is 2. The van der Waals surface area contributed by atoms with Crippen LogP contribution >= 0.6 is 0 Å². The van der Waals surface area contributed by atoms with Gasteiger partial charge in [-0.3, -0.25) is 4.79 Å². The Morgan fingerprint density at radius 1 is 1.18 bits per heavy atom. The van der Waals surface area contributed by atoms with Gasteiger partial charge in [0.2, 0.25) is 0 Å². The van der Waals surface area contributed by atoms with E-state index < -0.39 is 0 Å². The molecule has 0 saturated heterocycles. The van der Waals surface area contributed by atoms with Gasteiger partial charge in [0.15, 0.2) is 0 Å². The zero-order valence-corrected chi connectivity index (χ0v) is 16.2. The number of benzene rings is 2. The molecule has 0 N–H and O–H groups in total. The third-order valence-electron chi connectivity index (χ3n) is 5.57. The quantitative estimate of drug-likeness (QED) is 0.621. The second-order valence-electron chi connectivity index (χ2n) is 7.50. The van der Waals surface area contributed by atoms with Gasteiger partial charge in [-0.2, -0.15) is 5.10 Å². The van der Waals surface area contributed by atoms with Crippen molar-refractivity contribution in [2.45, 2.75) is 39.3 Å². The average molecular weight is 377 g/mol. The molecule has 2 aromatic carbocycles. The summed E-state index contributed by atoms with van der Waals surface area (Å²) < 4.78 is 15.7. The van der Waals surface area contributed by atoms with E-state index in [-0.39, 0.29) is 17.8 Å². The maximum Gasteiger partial charge on any atom is 0.257 e. The summed E-state index contributed by atoms with van der Waals surface area (Å²) in [6.07, 6.45) is 3.88. The van der Waals surface area contributed by atoms with Crippen molar-refractivity contribution in [3.63, 3.8) is 0 Å². The largest absolute Gasteiger partial charge is 0.331 e. The highest BCUT2D eigenvalue weighted by Crippen LogP contribution is 2.36. The van der Waals surface area contributed by atoms with E-state index in [0.29, 0.717) is 29.4 Å². The number of nitrogens with zero attached hydrogens (tertiary/aromatic N) is 3. The molecular formula is C23H24FN3O. The van der Waals surface area contributed by atoms with E-state index in [1.54, 1.807) is 24.4 Å². The lowest BCUT2D eigenvalue weighted by Crippen LogP contribution is -2.39. The molecule has 0 spiro atoms. The van der Waals surface area contributed by atoms with Crippen molar-refractivity contribution < 1.29 is 9.18 Å². The van der Waals surface area contributed by atoms with E-state index in [1.807, 2.05) is 42.2 Å². The minimum atomic E-state index is -0.361. The summed E-state index contributed by atoms with van der Waals surface area (Å²) in [4.78, 5) is 15.4. The summed E-state index contributed by atoms with van der Waals surface area (Å²) in [5.74, 6) is 0.137. The number of hydrogen-bond donors (Lipinski definition) is 0. The summed E-state index contributed by atoms with van der Waals surface area (Å²) in [5.41, 5.74) is 2.62. The molecule has 0 aliphatic heterocycles. The van der Waals surface area contributed by atoms with E-state index in [2.05, 4.69) is 12.0 Å². The molecular weight excluding hydrogens is 353 g/mol. The van der Waals surface area contributed by atoms with Crippen molar-refractivity contribution in [3.8, 4) is 5.69 Å². The minimum Gasteiger partial charge on any atom is -0.331 e. The predicted octanol–water partition coefficient (Wildman–Crippen LogP) is 4.76. The highest BCUT2D eigenvalue weighted by Gasteiger charge is 2.35. The van der Waals surface area contributed by atoms with Crippen molar-refractivity contribution in [3.05, 3.63) is 83.4 Å². The molecule has 1 aliphatic carbocycles. The van der Waals surface area contributed by atoms with Crippen LogP contribution < -0.4 is 0 Å². The summed E-state index contributed by atoms with van der Waals surface area (Å²) in [6, 6.07) is 16.6. The Bertz CT molecular complexity index is 979. The summed E-state index contributed by atoms with van der Waals surface area (Å²) in [5, 5.41) is 4.31. The zero-order chi connectivity index (χ0) is 19.7. The van der Waals surface area contributed by atoms with E-state index in [1.165, 1.54) is 10.7 Å². The van der Waals surface area contributed by atoms with Crippen LogP contribution in [0.1, 0.15) is 41.4 Å². The SMILES string of the molecule is Cc1c(C(=O)N(Cc2ccccc2)C(C)C2CC2)cnn1-c1ccccc1F. The van der Waals surface area contributed by atoms with Crippen molar-refractivity contribution in [2.24, 2.45) is 5.92 Å². The van der Waals surface area contributed by atoms with Gasteiger partial charge in [0.05, 0.1) is 17.5 Å². The molecule has 1 fully saturated rings. The molecule has 1 heterocycles. The number of para-hydroxylation sites is 1. The standard InChI is InChI=1S/C23H24FN3O/c1-16(19-12-13-19)26(15-18-8-4-3-5-9-18)23(28)20-14-25-27(17(20)2)22-11-7-6-10-21(22)24/h3-11,14,16,19H,12-13,15H2,1-2H3. The van der Waals surface area contributed by atoms with Crippen molar-refractivity contribution >= 4 is 5.91 Å². The molecule has 1 atom stereocenters. The highest BCUT2D eigenvalue weighted by molar-refractivity contribution is 5.95. The molecule has 1 aliphatic rings. The Hall–Kier alpha value is -2.95. The lowest BCUT2D eigenvalue weighted by atomic mass is 10.1. The van der Waals surface area contributed by atoms with Crippen LogP contribution in [0, 0.1) is 18.7 Å². The van der Waals surface area contributed by atoms with Crippen LogP contribution in [0.2, 0.25) is 0 Å². The number of carbonyl (C=O) groups excluding carboxylic acids is 1. The number of amides is 1. The third kappa shape index (κ3) is 3.57. The lowest BCUT2D eigenvalue weighted by Gasteiger charge is -2.29. The van der Waals surface area contributed by atoms with Crippen LogP contribution in [0.15, 0.2) is 60.8 Å². The van der Waals surface area contributed by atoms with Gasteiger partial charge in [-0.15, -0.1) is 0 Å². The van der Waals surface area contributed by atoms with E-state index in [4.69, 9.17) is 0 Å². The van der Waals surface area contributed by atoms with Gasteiger partial charge in [-0.1, -0.05) is 42.5 Å². The van der Waals surface area contributed by atoms with Crippen LogP contribution in [-0.2, 0) is 6.54 Å². The Morgan fingerprint density at radius 2 is 1.86 bits per heavy atom. The number of aromatic nitrogens is 2. The van der Waals surface area contributed by atoms with Crippen LogP contribution in [-0.4, -0.2) is 26.6 Å². The number of halogens is 1. The summed E-state index contributed by atoms with van der Waals surface area (Å²) in [7, 11) is 0. The molecule has 1 aromatic heterocycles. The lowest BCUT2D eigenvalue weighted by molar-refractivity contribution is 0.0653. The van der Waals surface area contributed by atoms with Gasteiger partial charge in [-0.25, -0.2) is 9.07 Å². The van der Waals surface area contributed by atoms with Gasteiger partial charge in [-0.05, 0) is 50.3 Å². The van der Waals surface area contributed by atoms with Gasteiger partial charge in [0.25, 0.3) is 5.91 Å². The van der Waals surface area contributed by atoms with Crippen LogP contribution in [0.4, 0.5) is 4.39 Å². The Morgan fingerprint density at radius 3 is 2.54 bits per heavy atom. The monoisotopic (exact) mass is 377 g/mol. The molecule has 0 radical (unpaired) electrons. The minimum absolute atomic E-state index is 0.0525. The van der Waals surface area contributed by atoms with Gasteiger partial charge >= 0.3 is 0 Å². The van der Waals surface area contributed by atoms with Gasteiger partial charge < -0.3 is 4.90 Å². The molecule has 144 valence electrons. The topological polar surface area (TPSA) is 38.1 Å². The summed E-state index contributed by atoms with van der Waals surface area (Å²) >= 11 is 0. The first-order chi connectivity index (χ1) is 13.6. The number of carbonyl (C=O) groups is 1. The third-order valence-corrected chi connectivity index (χ3v) is 5.57. The number of rotatable bonds is 6. The Kier molecular flexibility index (Phi) is 4.99. The molecule has 28 heavy (non-hydrogen) atoms. The van der Waals surface area contributed by atoms with Crippen LogP contribution in [0.25, 0.3) is 5.69 Å². The predicted molar refractivity (Wildman–Crippen MR) is 107 cm³/mol. The van der Waals surface area contributed by atoms with Crippen molar-refractivity contribution in [2.75, 3.05) is 0 Å². The van der Waals surface area contributed by atoms with E-state index in [0.717, 1.165) is 18.4 Å². The normalized spacial score (nSPS) is 14.7. The fourth-order valence-electron chi connectivity index (χ4n) is 3.65. The summed E-state index contributed by atoms with van der Waals surface area (Å²) in [6.45, 7) is 4.49. The van der Waals surface area contributed by atoms with Gasteiger partial charge in [0.1, 0.15) is 11.5 Å². The van der Waals surface area contributed by atoms with Crippen LogP contribution in [0.3, 0.4) is 0 Å². The Balaban J connectivity index is 1.66. The smallest absolute Gasteiger partial charge is 0.257 e. The van der Waals surface area contributed by atoms with E-state index >= 15 is 0 Å². The molecule has 1 unspecified atom stereocenters. The maximum absolute atomic E-state index is 14.2. The molecule has 4 nitrogen and oxygen atoms in total. The molecule has 1 saturated carbocycles.